The minimum atomic E-state index is -0.564. The van der Waals surface area contributed by atoms with Gasteiger partial charge in [-0.25, -0.2) is 4.79 Å². The van der Waals surface area contributed by atoms with Crippen LogP contribution in [0.25, 0.3) is 0 Å². The van der Waals surface area contributed by atoms with Crippen LogP contribution in [0.1, 0.15) is 6.92 Å². The van der Waals surface area contributed by atoms with Crippen molar-refractivity contribution >= 4 is 5.97 Å². The first-order chi connectivity index (χ1) is 5.11. The SMILES string of the molecule is C=CC(=O)OC(C)C(=C)C#N. The average Bonchev–Trinajstić information content (AvgIpc) is 2.02. The van der Waals surface area contributed by atoms with Crippen LogP contribution in [0.5, 0.6) is 0 Å². The molecule has 0 spiro atoms. The van der Waals surface area contributed by atoms with Gasteiger partial charge in [0.1, 0.15) is 6.10 Å². The average molecular weight is 151 g/mol. The van der Waals surface area contributed by atoms with Gasteiger partial charge in [0.15, 0.2) is 0 Å². The molecule has 0 aliphatic rings. The largest absolute Gasteiger partial charge is 0.454 e. The molecule has 1 atom stereocenters. The lowest BCUT2D eigenvalue weighted by atomic mass is 10.2. The Bertz CT molecular complexity index is 225. The minimum Gasteiger partial charge on any atom is -0.454 e. The molecule has 0 aromatic rings. The van der Waals surface area contributed by atoms with Gasteiger partial charge in [0.25, 0.3) is 0 Å². The molecular formula is C8H9NO2. The summed E-state index contributed by atoms with van der Waals surface area (Å²) < 4.78 is 4.67. The third-order valence-corrected chi connectivity index (χ3v) is 1.09. The summed E-state index contributed by atoms with van der Waals surface area (Å²) in [5.41, 5.74) is 0.222. The number of hydrogen-bond acceptors (Lipinski definition) is 3. The van der Waals surface area contributed by atoms with Gasteiger partial charge in [-0.1, -0.05) is 13.2 Å². The Labute approximate surface area is 65.6 Å². The zero-order valence-corrected chi connectivity index (χ0v) is 6.33. The molecule has 58 valence electrons. The molecule has 0 radical (unpaired) electrons. The molecule has 3 heteroatoms. The molecule has 3 nitrogen and oxygen atoms in total. The topological polar surface area (TPSA) is 50.1 Å². The van der Waals surface area contributed by atoms with Crippen molar-refractivity contribution in [3.63, 3.8) is 0 Å². The summed E-state index contributed by atoms with van der Waals surface area (Å²) >= 11 is 0. The molecule has 0 heterocycles. The standard InChI is InChI=1S/C8H9NO2/c1-4-8(10)11-7(3)6(2)5-9/h4,7H,1-2H2,3H3. The van der Waals surface area contributed by atoms with E-state index in [1.807, 2.05) is 0 Å². The first kappa shape index (κ1) is 9.44. The lowest BCUT2D eigenvalue weighted by molar-refractivity contribution is -0.140. The van der Waals surface area contributed by atoms with Crippen LogP contribution >= 0.6 is 0 Å². The molecule has 0 aliphatic heterocycles. The zero-order valence-electron chi connectivity index (χ0n) is 6.33. The molecule has 1 unspecified atom stereocenters. The highest BCUT2D eigenvalue weighted by Gasteiger charge is 2.08. The highest BCUT2D eigenvalue weighted by atomic mass is 16.5. The summed E-state index contributed by atoms with van der Waals surface area (Å²) in [6.07, 6.45) is 0.478. The van der Waals surface area contributed by atoms with E-state index < -0.39 is 12.1 Å². The maximum atomic E-state index is 10.6. The van der Waals surface area contributed by atoms with E-state index in [-0.39, 0.29) is 5.57 Å². The first-order valence-electron chi connectivity index (χ1n) is 3.03. The van der Waals surface area contributed by atoms with Crippen LogP contribution in [0.4, 0.5) is 0 Å². The van der Waals surface area contributed by atoms with Gasteiger partial charge in [-0.3, -0.25) is 0 Å². The zero-order chi connectivity index (χ0) is 8.85. The molecule has 0 aromatic carbocycles. The number of esters is 1. The van der Waals surface area contributed by atoms with Crippen molar-refractivity contribution in [2.45, 2.75) is 13.0 Å². The van der Waals surface area contributed by atoms with Crippen LogP contribution in [0.15, 0.2) is 24.8 Å². The second-order valence-electron chi connectivity index (χ2n) is 1.92. The molecule has 0 saturated heterocycles. The van der Waals surface area contributed by atoms with Crippen molar-refractivity contribution in [3.8, 4) is 6.07 Å². The van der Waals surface area contributed by atoms with Gasteiger partial charge < -0.3 is 4.74 Å². The number of nitriles is 1. The van der Waals surface area contributed by atoms with Gasteiger partial charge in [-0.2, -0.15) is 5.26 Å². The van der Waals surface area contributed by atoms with Gasteiger partial charge in [-0.05, 0) is 6.92 Å². The second-order valence-corrected chi connectivity index (χ2v) is 1.92. The van der Waals surface area contributed by atoms with Crippen molar-refractivity contribution in [2.24, 2.45) is 0 Å². The number of carbonyl (C=O) groups excluding carboxylic acids is 1. The Hall–Kier alpha value is -1.56. The van der Waals surface area contributed by atoms with E-state index in [1.54, 1.807) is 13.0 Å². The van der Waals surface area contributed by atoms with Crippen molar-refractivity contribution in [1.29, 1.82) is 5.26 Å². The quantitative estimate of drug-likeness (QED) is 0.346. The number of nitrogens with zero attached hydrogens (tertiary/aromatic N) is 1. The second kappa shape index (κ2) is 4.29. The maximum absolute atomic E-state index is 10.6. The highest BCUT2D eigenvalue weighted by Crippen LogP contribution is 2.02. The molecule has 0 aromatic heterocycles. The van der Waals surface area contributed by atoms with Gasteiger partial charge >= 0.3 is 5.97 Å². The lowest BCUT2D eigenvalue weighted by Crippen LogP contribution is -2.13. The summed E-state index contributed by atoms with van der Waals surface area (Å²) in [7, 11) is 0. The normalized spacial score (nSPS) is 10.9. The van der Waals surface area contributed by atoms with Crippen molar-refractivity contribution in [2.75, 3.05) is 0 Å². The number of hydrogen-bond donors (Lipinski definition) is 0. The van der Waals surface area contributed by atoms with E-state index in [0.29, 0.717) is 0 Å². The molecular weight excluding hydrogens is 142 g/mol. The third-order valence-electron chi connectivity index (χ3n) is 1.09. The maximum Gasteiger partial charge on any atom is 0.330 e. The molecule has 0 rings (SSSR count). The van der Waals surface area contributed by atoms with Crippen molar-refractivity contribution in [3.05, 3.63) is 24.8 Å². The van der Waals surface area contributed by atoms with Crippen LogP contribution in [0.3, 0.4) is 0 Å². The molecule has 0 aliphatic carbocycles. The Morgan fingerprint density at radius 1 is 1.82 bits per heavy atom. The van der Waals surface area contributed by atoms with Crippen LogP contribution < -0.4 is 0 Å². The van der Waals surface area contributed by atoms with Crippen LogP contribution in [-0.2, 0) is 9.53 Å². The Morgan fingerprint density at radius 3 is 2.73 bits per heavy atom. The molecule has 0 saturated carbocycles. The van der Waals surface area contributed by atoms with E-state index in [9.17, 15) is 4.79 Å². The van der Waals surface area contributed by atoms with Crippen LogP contribution in [0.2, 0.25) is 0 Å². The fourth-order valence-electron chi connectivity index (χ4n) is 0.384. The fraction of sp³-hybridized carbons (Fsp3) is 0.250. The lowest BCUT2D eigenvalue weighted by Gasteiger charge is -2.08. The number of ether oxygens (including phenoxy) is 1. The predicted molar refractivity (Wildman–Crippen MR) is 40.5 cm³/mol. The van der Waals surface area contributed by atoms with E-state index in [0.717, 1.165) is 6.08 Å². The number of rotatable bonds is 3. The molecule has 0 amide bonds. The monoisotopic (exact) mass is 151 g/mol. The minimum absolute atomic E-state index is 0.222. The summed E-state index contributed by atoms with van der Waals surface area (Å²) in [4.78, 5) is 10.6. The molecule has 0 N–H and O–H groups in total. The Balaban J connectivity index is 3.99. The third kappa shape index (κ3) is 3.21. The van der Waals surface area contributed by atoms with E-state index >= 15 is 0 Å². The molecule has 11 heavy (non-hydrogen) atoms. The first-order valence-corrected chi connectivity index (χ1v) is 3.03. The van der Waals surface area contributed by atoms with E-state index in [1.165, 1.54) is 0 Å². The molecule has 0 bridgehead atoms. The summed E-state index contributed by atoms with van der Waals surface area (Å²) in [6, 6.07) is 1.79. The highest BCUT2D eigenvalue weighted by molar-refractivity contribution is 5.81. The smallest absolute Gasteiger partial charge is 0.330 e. The van der Waals surface area contributed by atoms with Gasteiger partial charge in [0.05, 0.1) is 11.6 Å². The summed E-state index contributed by atoms with van der Waals surface area (Å²) in [5, 5.41) is 8.32. The van der Waals surface area contributed by atoms with Gasteiger partial charge in [-0.15, -0.1) is 0 Å². The number of carbonyl (C=O) groups is 1. The Morgan fingerprint density at radius 2 is 2.36 bits per heavy atom. The van der Waals surface area contributed by atoms with E-state index in [4.69, 9.17) is 5.26 Å². The summed E-state index contributed by atoms with van der Waals surface area (Å²) in [5.74, 6) is -0.547. The fourth-order valence-corrected chi connectivity index (χ4v) is 0.384. The van der Waals surface area contributed by atoms with Crippen LogP contribution in [0, 0.1) is 11.3 Å². The van der Waals surface area contributed by atoms with Gasteiger partial charge in [0, 0.05) is 6.08 Å². The Kier molecular flexibility index (Phi) is 3.68. The summed E-state index contributed by atoms with van der Waals surface area (Å²) in [6.45, 7) is 8.18. The predicted octanol–water partition coefficient (Wildman–Crippen LogP) is 1.18. The van der Waals surface area contributed by atoms with Gasteiger partial charge in [0.2, 0.25) is 0 Å². The van der Waals surface area contributed by atoms with E-state index in [2.05, 4.69) is 17.9 Å². The van der Waals surface area contributed by atoms with Crippen LogP contribution in [-0.4, -0.2) is 12.1 Å². The van der Waals surface area contributed by atoms with Crippen molar-refractivity contribution < 1.29 is 9.53 Å². The molecule has 0 fully saturated rings. The van der Waals surface area contributed by atoms with Crippen molar-refractivity contribution in [1.82, 2.24) is 0 Å².